The molecule has 0 amide bonds. The predicted molar refractivity (Wildman–Crippen MR) is 42.5 cm³/mol. The van der Waals surface area contributed by atoms with Crippen LogP contribution in [0.5, 0.6) is 0 Å². The van der Waals surface area contributed by atoms with E-state index in [1.165, 1.54) is 12.2 Å². The summed E-state index contributed by atoms with van der Waals surface area (Å²) in [6, 6.07) is 0. The number of allylic oxidation sites excluding steroid dienone is 2. The van der Waals surface area contributed by atoms with Gasteiger partial charge in [0.2, 0.25) is 5.06 Å². The average Bonchev–Trinajstić information content (AvgIpc) is 2.34. The molecule has 5 heteroatoms. The fourth-order valence-corrected chi connectivity index (χ4v) is 2.02. The largest absolute Gasteiger partial charge is 0.358 e. The van der Waals surface area contributed by atoms with Crippen molar-refractivity contribution in [2.24, 2.45) is 0 Å². The van der Waals surface area contributed by atoms with Crippen molar-refractivity contribution >= 4 is 34.8 Å². The maximum absolute atomic E-state index is 9.44. The molecule has 1 aliphatic carbocycles. The molecule has 1 saturated heterocycles. The quantitative estimate of drug-likeness (QED) is 0.492. The van der Waals surface area contributed by atoms with E-state index >= 15 is 0 Å². The topological polar surface area (TPSA) is 32.8 Å². The predicted octanol–water partition coefficient (Wildman–Crippen LogP) is 1.90. The molecule has 0 aromatic rings. The highest BCUT2D eigenvalue weighted by molar-refractivity contribution is 6.39. The molecule has 2 atom stereocenters. The fourth-order valence-electron chi connectivity index (χ4n) is 0.966. The molecule has 2 unspecified atom stereocenters. The van der Waals surface area contributed by atoms with E-state index in [2.05, 4.69) is 0 Å². The standard InChI is InChI=1S/C6H3Cl3O2/c7-3-1-4(8)6(10)5(9,2-3)11-6/h1-2,10H. The lowest BCUT2D eigenvalue weighted by atomic mass is 10.1. The second-order valence-corrected chi connectivity index (χ2v) is 3.82. The van der Waals surface area contributed by atoms with Crippen LogP contribution in [0.4, 0.5) is 0 Å². The van der Waals surface area contributed by atoms with Crippen LogP contribution in [0.3, 0.4) is 0 Å². The second kappa shape index (κ2) is 1.95. The summed E-state index contributed by atoms with van der Waals surface area (Å²) in [7, 11) is 0. The minimum Gasteiger partial charge on any atom is -0.358 e. The summed E-state index contributed by atoms with van der Waals surface area (Å²) in [5.74, 6) is -1.55. The second-order valence-electron chi connectivity index (χ2n) is 2.41. The van der Waals surface area contributed by atoms with Crippen LogP contribution in [0.2, 0.25) is 0 Å². The third kappa shape index (κ3) is 0.879. The first-order chi connectivity index (χ1) is 4.98. The van der Waals surface area contributed by atoms with Gasteiger partial charge in [-0.25, -0.2) is 0 Å². The molecule has 1 N–H and O–H groups in total. The number of hydrogen-bond acceptors (Lipinski definition) is 2. The first kappa shape index (κ1) is 7.90. The van der Waals surface area contributed by atoms with Crippen LogP contribution in [-0.2, 0) is 4.74 Å². The lowest BCUT2D eigenvalue weighted by Crippen LogP contribution is -2.22. The highest BCUT2D eigenvalue weighted by Gasteiger charge is 2.71. The Bertz CT molecular complexity index is 286. The number of halogens is 3. The van der Waals surface area contributed by atoms with Gasteiger partial charge in [-0.2, -0.15) is 0 Å². The normalized spacial score (nSPS) is 47.6. The minimum atomic E-state index is -1.55. The molecule has 1 fully saturated rings. The van der Waals surface area contributed by atoms with Crippen LogP contribution in [0.15, 0.2) is 22.2 Å². The van der Waals surface area contributed by atoms with Crippen molar-refractivity contribution in [3.05, 3.63) is 22.2 Å². The zero-order valence-electron chi connectivity index (χ0n) is 5.14. The molecule has 2 nitrogen and oxygen atoms in total. The van der Waals surface area contributed by atoms with Crippen molar-refractivity contribution in [2.45, 2.75) is 10.8 Å². The zero-order valence-corrected chi connectivity index (χ0v) is 7.41. The van der Waals surface area contributed by atoms with Gasteiger partial charge in [0.1, 0.15) is 0 Å². The molecule has 0 spiro atoms. The molecule has 1 heterocycles. The van der Waals surface area contributed by atoms with Gasteiger partial charge in [-0.1, -0.05) is 34.8 Å². The molecule has 2 rings (SSSR count). The monoisotopic (exact) mass is 212 g/mol. The Hall–Kier alpha value is 0.270. The molecule has 60 valence electrons. The molecule has 11 heavy (non-hydrogen) atoms. The van der Waals surface area contributed by atoms with E-state index < -0.39 is 10.8 Å². The Kier molecular flexibility index (Phi) is 1.40. The molecule has 2 aliphatic rings. The Morgan fingerprint density at radius 1 is 1.45 bits per heavy atom. The molecule has 0 saturated carbocycles. The van der Waals surface area contributed by atoms with Crippen LogP contribution in [0, 0.1) is 0 Å². The summed E-state index contributed by atoms with van der Waals surface area (Å²) in [5, 5.41) is 8.68. The van der Waals surface area contributed by atoms with E-state index in [4.69, 9.17) is 39.5 Å². The van der Waals surface area contributed by atoms with Gasteiger partial charge in [-0.05, 0) is 12.2 Å². The number of alkyl halides is 1. The van der Waals surface area contributed by atoms with Crippen LogP contribution in [0.1, 0.15) is 0 Å². The van der Waals surface area contributed by atoms with E-state index in [1.54, 1.807) is 0 Å². The van der Waals surface area contributed by atoms with Crippen molar-refractivity contribution in [1.29, 1.82) is 0 Å². The maximum Gasteiger partial charge on any atom is 0.254 e. The van der Waals surface area contributed by atoms with E-state index in [0.29, 0.717) is 5.03 Å². The highest BCUT2D eigenvalue weighted by atomic mass is 35.5. The van der Waals surface area contributed by atoms with E-state index in [9.17, 15) is 5.11 Å². The van der Waals surface area contributed by atoms with Gasteiger partial charge in [0, 0.05) is 5.03 Å². The Balaban J connectivity index is 2.47. The number of hydrogen-bond donors (Lipinski definition) is 1. The Morgan fingerprint density at radius 2 is 2.09 bits per heavy atom. The molecule has 0 radical (unpaired) electrons. The number of epoxide rings is 1. The van der Waals surface area contributed by atoms with Crippen molar-refractivity contribution in [2.75, 3.05) is 0 Å². The third-order valence-electron chi connectivity index (χ3n) is 1.63. The average molecular weight is 213 g/mol. The number of fused-ring (bicyclic) bond motifs is 1. The lowest BCUT2D eigenvalue weighted by Gasteiger charge is -2.09. The van der Waals surface area contributed by atoms with Crippen molar-refractivity contribution in [1.82, 2.24) is 0 Å². The summed E-state index contributed by atoms with van der Waals surface area (Å²) >= 11 is 16.9. The van der Waals surface area contributed by atoms with E-state index in [1.807, 2.05) is 0 Å². The maximum atomic E-state index is 9.44. The van der Waals surface area contributed by atoms with Crippen LogP contribution in [-0.4, -0.2) is 16.0 Å². The Morgan fingerprint density at radius 3 is 2.64 bits per heavy atom. The van der Waals surface area contributed by atoms with Crippen molar-refractivity contribution in [3.63, 3.8) is 0 Å². The molecule has 0 aromatic heterocycles. The summed E-state index contributed by atoms with van der Waals surface area (Å²) in [6.07, 6.45) is 2.80. The van der Waals surface area contributed by atoms with Gasteiger partial charge < -0.3 is 9.84 Å². The van der Waals surface area contributed by atoms with Crippen LogP contribution in [0.25, 0.3) is 0 Å². The number of rotatable bonds is 0. The van der Waals surface area contributed by atoms with Crippen molar-refractivity contribution in [3.8, 4) is 0 Å². The van der Waals surface area contributed by atoms with Gasteiger partial charge in [-0.3, -0.25) is 0 Å². The SMILES string of the molecule is OC12OC1(Cl)C=C(Cl)C=C2Cl. The lowest BCUT2D eigenvalue weighted by molar-refractivity contribution is 0.0781. The van der Waals surface area contributed by atoms with Crippen LogP contribution < -0.4 is 0 Å². The van der Waals surface area contributed by atoms with Gasteiger partial charge in [0.15, 0.2) is 0 Å². The summed E-state index contributed by atoms with van der Waals surface area (Å²) in [5.41, 5.74) is 0. The first-order valence-corrected chi connectivity index (χ1v) is 3.99. The summed E-state index contributed by atoms with van der Waals surface area (Å²) in [4.78, 5) is 0. The smallest absolute Gasteiger partial charge is 0.254 e. The fraction of sp³-hybridized carbons (Fsp3) is 0.333. The minimum absolute atomic E-state index is 0.111. The van der Waals surface area contributed by atoms with Gasteiger partial charge in [0.25, 0.3) is 5.79 Å². The van der Waals surface area contributed by atoms with Crippen LogP contribution >= 0.6 is 34.8 Å². The molecule has 0 bridgehead atoms. The molecular weight excluding hydrogens is 210 g/mol. The summed E-state index contributed by atoms with van der Waals surface area (Å²) in [6.45, 7) is 0. The molecule has 0 aromatic carbocycles. The third-order valence-corrected chi connectivity index (χ3v) is 2.65. The number of ether oxygens (including phenoxy) is 1. The zero-order chi connectivity index (χ0) is 8.28. The Labute approximate surface area is 78.0 Å². The summed E-state index contributed by atoms with van der Waals surface area (Å²) < 4.78 is 4.80. The molecular formula is C6H3Cl3O2. The highest BCUT2D eigenvalue weighted by Crippen LogP contribution is 2.58. The molecule has 1 aliphatic heterocycles. The van der Waals surface area contributed by atoms with Gasteiger partial charge >= 0.3 is 0 Å². The van der Waals surface area contributed by atoms with Gasteiger partial charge in [-0.15, -0.1) is 0 Å². The van der Waals surface area contributed by atoms with E-state index in [0.717, 1.165) is 0 Å². The van der Waals surface area contributed by atoms with Crippen molar-refractivity contribution < 1.29 is 9.84 Å². The van der Waals surface area contributed by atoms with E-state index in [-0.39, 0.29) is 5.03 Å². The first-order valence-electron chi connectivity index (χ1n) is 2.85. The van der Waals surface area contributed by atoms with Gasteiger partial charge in [0.05, 0.1) is 5.03 Å². The number of aliphatic hydroxyl groups is 1.